The highest BCUT2D eigenvalue weighted by molar-refractivity contribution is 7.16. The molecular weight excluding hydrogens is 220 g/mol. The first kappa shape index (κ1) is 10.2. The number of rotatable bonds is 1. The first-order valence-corrected chi connectivity index (χ1v) is 6.41. The maximum atomic E-state index is 5.55. The van der Waals surface area contributed by atoms with Gasteiger partial charge in [0.1, 0.15) is 12.7 Å². The molecule has 2 aromatic rings. The summed E-state index contributed by atoms with van der Waals surface area (Å²) in [6.07, 6.45) is 0.325. The molecule has 1 aliphatic heterocycles. The summed E-state index contributed by atoms with van der Waals surface area (Å²) in [7, 11) is 0. The van der Waals surface area contributed by atoms with Gasteiger partial charge in [-0.2, -0.15) is 0 Å². The second-order valence-corrected chi connectivity index (χ2v) is 5.02. The Kier molecular flexibility index (Phi) is 2.63. The van der Waals surface area contributed by atoms with Crippen LogP contribution < -0.4 is 4.90 Å². The van der Waals surface area contributed by atoms with Crippen LogP contribution in [0.1, 0.15) is 6.92 Å². The Morgan fingerprint density at radius 1 is 1.50 bits per heavy atom. The lowest BCUT2D eigenvalue weighted by atomic mass is 10.2. The van der Waals surface area contributed by atoms with Gasteiger partial charge >= 0.3 is 0 Å². The monoisotopic (exact) mass is 234 g/mol. The lowest BCUT2D eigenvalue weighted by Gasteiger charge is -2.22. The van der Waals surface area contributed by atoms with Crippen LogP contribution in [0.3, 0.4) is 0 Å². The highest BCUT2D eigenvalue weighted by Gasteiger charge is 2.27. The number of fused-ring (bicyclic) bond motifs is 1. The molecule has 1 aromatic heterocycles. The van der Waals surface area contributed by atoms with Crippen molar-refractivity contribution in [2.45, 2.75) is 13.0 Å². The summed E-state index contributed by atoms with van der Waals surface area (Å²) in [5.41, 5.74) is 4.28. The molecule has 16 heavy (non-hydrogen) atoms. The molecule has 0 bridgehead atoms. The summed E-state index contributed by atoms with van der Waals surface area (Å²) >= 11 is 1.70. The van der Waals surface area contributed by atoms with E-state index in [1.54, 1.807) is 11.3 Å². The Morgan fingerprint density at radius 3 is 3.31 bits per heavy atom. The van der Waals surface area contributed by atoms with E-state index < -0.39 is 0 Å². The Bertz CT molecular complexity index is 496. The summed E-state index contributed by atoms with van der Waals surface area (Å²) in [5, 5.41) is 0. The second kappa shape index (κ2) is 4.13. The lowest BCUT2D eigenvalue weighted by Crippen LogP contribution is -2.41. The Labute approximate surface area is 98.7 Å². The van der Waals surface area contributed by atoms with Crippen molar-refractivity contribution >= 4 is 27.2 Å². The Morgan fingerprint density at radius 2 is 2.44 bits per heavy atom. The van der Waals surface area contributed by atoms with Gasteiger partial charge in [0.2, 0.25) is 0 Å². The fourth-order valence-corrected chi connectivity index (χ4v) is 2.80. The molecule has 1 saturated heterocycles. The molecule has 1 radical (unpaired) electrons. The summed E-state index contributed by atoms with van der Waals surface area (Å²) in [4.78, 5) is 6.68. The standard InChI is InChI=1S/C12H14N2OS/c1-9-7-14(4-5-15-9)10-2-3-11-12(6-10)16-8-13-11/h2-3,6,8-9H,4-5,7H2,1H3/q+1. The van der Waals surface area contributed by atoms with Crippen LogP contribution in [0.25, 0.3) is 10.2 Å². The van der Waals surface area contributed by atoms with Gasteiger partial charge in [-0.15, -0.1) is 16.2 Å². The highest BCUT2D eigenvalue weighted by Crippen LogP contribution is 2.25. The molecule has 1 aromatic carbocycles. The normalized spacial score (nSPS) is 22.7. The number of hydrogen-bond acceptors (Lipinski definition) is 4. The molecule has 2 heterocycles. The molecule has 1 atom stereocenters. The van der Waals surface area contributed by atoms with E-state index in [-0.39, 0.29) is 0 Å². The van der Waals surface area contributed by atoms with E-state index in [0.717, 1.165) is 25.2 Å². The number of nitrogens with zero attached hydrogens (tertiary/aromatic N) is 2. The van der Waals surface area contributed by atoms with Crippen molar-refractivity contribution in [2.24, 2.45) is 0 Å². The predicted molar refractivity (Wildman–Crippen MR) is 66.6 cm³/mol. The molecule has 0 N–H and O–H groups in total. The van der Waals surface area contributed by atoms with Crippen molar-refractivity contribution in [3.63, 3.8) is 0 Å². The first-order chi connectivity index (χ1) is 7.83. The van der Waals surface area contributed by atoms with E-state index in [1.807, 2.05) is 5.51 Å². The molecule has 1 unspecified atom stereocenters. The van der Waals surface area contributed by atoms with Gasteiger partial charge in [-0.1, -0.05) is 0 Å². The third-order valence-electron chi connectivity index (χ3n) is 2.92. The number of ether oxygens (including phenoxy) is 1. The molecule has 3 rings (SSSR count). The smallest absolute Gasteiger partial charge is 0.182 e. The minimum atomic E-state index is 0.325. The number of benzene rings is 1. The van der Waals surface area contributed by atoms with Gasteiger partial charge in [0, 0.05) is 12.1 Å². The van der Waals surface area contributed by atoms with Crippen molar-refractivity contribution in [1.82, 2.24) is 9.88 Å². The fourth-order valence-electron chi connectivity index (χ4n) is 2.09. The average Bonchev–Trinajstić information content (AvgIpc) is 2.75. The van der Waals surface area contributed by atoms with E-state index in [1.165, 1.54) is 10.4 Å². The number of anilines is 1. The van der Waals surface area contributed by atoms with Gasteiger partial charge in [-0.25, -0.2) is 4.98 Å². The van der Waals surface area contributed by atoms with Gasteiger partial charge in [0.05, 0.1) is 15.7 Å². The van der Waals surface area contributed by atoms with E-state index in [9.17, 15) is 0 Å². The maximum Gasteiger partial charge on any atom is 0.182 e. The highest BCUT2D eigenvalue weighted by atomic mass is 32.1. The second-order valence-electron chi connectivity index (χ2n) is 4.13. The molecule has 0 amide bonds. The molecular formula is C12H14N2OS+. The molecule has 1 aliphatic rings. The van der Waals surface area contributed by atoms with Crippen molar-refractivity contribution in [1.29, 1.82) is 0 Å². The van der Waals surface area contributed by atoms with Crippen molar-refractivity contribution < 1.29 is 4.74 Å². The third-order valence-corrected chi connectivity index (χ3v) is 3.71. The first-order valence-electron chi connectivity index (χ1n) is 5.53. The van der Waals surface area contributed by atoms with E-state index >= 15 is 0 Å². The molecule has 0 saturated carbocycles. The zero-order valence-corrected chi connectivity index (χ0v) is 10.0. The van der Waals surface area contributed by atoms with E-state index in [4.69, 9.17) is 4.74 Å². The summed E-state index contributed by atoms with van der Waals surface area (Å²) in [6, 6.07) is 6.48. The van der Waals surface area contributed by atoms with Crippen LogP contribution in [0.5, 0.6) is 0 Å². The Balaban J connectivity index is 1.92. The molecule has 1 fully saturated rings. The predicted octanol–water partition coefficient (Wildman–Crippen LogP) is 2.49. The molecule has 0 aliphatic carbocycles. The van der Waals surface area contributed by atoms with Gasteiger partial charge in [0.15, 0.2) is 18.8 Å². The van der Waals surface area contributed by atoms with Gasteiger partial charge < -0.3 is 4.74 Å². The lowest BCUT2D eigenvalue weighted by molar-refractivity contribution is 0.0249. The van der Waals surface area contributed by atoms with Crippen LogP contribution in [0.2, 0.25) is 0 Å². The zero-order chi connectivity index (χ0) is 11.0. The van der Waals surface area contributed by atoms with Crippen LogP contribution in [0.4, 0.5) is 5.69 Å². The number of aromatic nitrogens is 1. The van der Waals surface area contributed by atoms with E-state index in [0.29, 0.717) is 6.10 Å². The van der Waals surface area contributed by atoms with Crippen LogP contribution in [-0.2, 0) is 4.74 Å². The van der Waals surface area contributed by atoms with Crippen molar-refractivity contribution in [2.75, 3.05) is 19.7 Å². The summed E-state index contributed by atoms with van der Waals surface area (Å²) in [6.45, 7) is 4.90. The van der Waals surface area contributed by atoms with Crippen LogP contribution in [0.15, 0.2) is 23.7 Å². The van der Waals surface area contributed by atoms with Crippen LogP contribution >= 0.6 is 11.3 Å². The van der Waals surface area contributed by atoms with E-state index in [2.05, 4.69) is 35.0 Å². The third kappa shape index (κ3) is 1.84. The maximum absolute atomic E-state index is 5.55. The van der Waals surface area contributed by atoms with Crippen LogP contribution in [0, 0.1) is 0 Å². The quantitative estimate of drug-likeness (QED) is 0.709. The molecule has 4 heteroatoms. The topological polar surface area (TPSA) is 28.0 Å². The van der Waals surface area contributed by atoms with Gasteiger partial charge in [-0.3, -0.25) is 0 Å². The molecule has 3 nitrogen and oxygen atoms in total. The molecule has 0 spiro atoms. The number of thiazole rings is 1. The van der Waals surface area contributed by atoms with Crippen molar-refractivity contribution in [3.05, 3.63) is 23.7 Å². The number of morpholine rings is 1. The number of hydrogen-bond donors (Lipinski definition) is 0. The minimum absolute atomic E-state index is 0.325. The van der Waals surface area contributed by atoms with Crippen molar-refractivity contribution in [3.8, 4) is 0 Å². The van der Waals surface area contributed by atoms with Gasteiger partial charge in [0.25, 0.3) is 0 Å². The fraction of sp³-hybridized carbons (Fsp3) is 0.417. The van der Waals surface area contributed by atoms with Gasteiger partial charge in [-0.05, 0) is 13.0 Å². The SMILES string of the molecule is CC1C[N+](c2ccc3ncsc3c2)CCO1. The largest absolute Gasteiger partial charge is 0.366 e. The summed E-state index contributed by atoms with van der Waals surface area (Å²) < 4.78 is 6.81. The Hall–Kier alpha value is -0.970. The minimum Gasteiger partial charge on any atom is -0.366 e. The average molecular weight is 234 g/mol. The zero-order valence-electron chi connectivity index (χ0n) is 9.22. The summed E-state index contributed by atoms with van der Waals surface area (Å²) in [5.74, 6) is 0. The van der Waals surface area contributed by atoms with Crippen LogP contribution in [-0.4, -0.2) is 30.8 Å². The molecule has 83 valence electrons.